The molecule has 3 nitrogen and oxygen atoms in total. The number of halogens is 2. The Bertz CT molecular complexity index is 616. The van der Waals surface area contributed by atoms with Gasteiger partial charge in [-0.1, -0.05) is 29.3 Å². The predicted molar refractivity (Wildman–Crippen MR) is 88.1 cm³/mol. The van der Waals surface area contributed by atoms with Crippen LogP contribution in [0.25, 0.3) is 0 Å². The molecule has 106 valence electrons. The van der Waals surface area contributed by atoms with Crippen molar-refractivity contribution in [3.8, 4) is 0 Å². The topological polar surface area (TPSA) is 42.0 Å². The van der Waals surface area contributed by atoms with Gasteiger partial charge in [-0.15, -0.1) is 23.1 Å². The number of hydrogen-bond acceptors (Lipinski definition) is 4. The van der Waals surface area contributed by atoms with Gasteiger partial charge in [0, 0.05) is 11.1 Å². The minimum atomic E-state index is -0.0515. The number of carbonyl (C=O) groups excluding carboxylic acids is 1. The molecule has 0 fully saturated rings. The molecule has 0 unspecified atom stereocenters. The van der Waals surface area contributed by atoms with Crippen molar-refractivity contribution in [2.45, 2.75) is 12.7 Å². The van der Waals surface area contributed by atoms with E-state index in [9.17, 15) is 4.79 Å². The Labute approximate surface area is 135 Å². The SMILES string of the molecule is Cc1csc(NC(=O)CSCc2ccc(Cl)c(Cl)c2)n1. The zero-order valence-electron chi connectivity index (χ0n) is 10.7. The van der Waals surface area contributed by atoms with E-state index in [0.29, 0.717) is 26.7 Å². The largest absolute Gasteiger partial charge is 0.301 e. The molecule has 1 heterocycles. The third kappa shape index (κ3) is 4.66. The summed E-state index contributed by atoms with van der Waals surface area (Å²) in [5.41, 5.74) is 1.95. The number of anilines is 1. The summed E-state index contributed by atoms with van der Waals surface area (Å²) in [4.78, 5) is 15.9. The van der Waals surface area contributed by atoms with Gasteiger partial charge < -0.3 is 5.32 Å². The van der Waals surface area contributed by atoms with E-state index in [4.69, 9.17) is 23.2 Å². The highest BCUT2D eigenvalue weighted by molar-refractivity contribution is 7.99. The summed E-state index contributed by atoms with van der Waals surface area (Å²) < 4.78 is 0. The van der Waals surface area contributed by atoms with Crippen molar-refractivity contribution in [2.75, 3.05) is 11.1 Å². The minimum Gasteiger partial charge on any atom is -0.301 e. The molecule has 1 N–H and O–H groups in total. The van der Waals surface area contributed by atoms with Gasteiger partial charge >= 0.3 is 0 Å². The van der Waals surface area contributed by atoms with Crippen LogP contribution in [0.1, 0.15) is 11.3 Å². The van der Waals surface area contributed by atoms with Crippen LogP contribution in [0.5, 0.6) is 0 Å². The molecular weight excluding hydrogens is 335 g/mol. The summed E-state index contributed by atoms with van der Waals surface area (Å²) in [6, 6.07) is 5.49. The van der Waals surface area contributed by atoms with Crippen molar-refractivity contribution < 1.29 is 4.79 Å². The standard InChI is InChI=1S/C13H12Cl2N2OS2/c1-8-5-20-13(16-8)17-12(18)7-19-6-9-2-3-10(14)11(15)4-9/h2-5H,6-7H2,1H3,(H,16,17,18). The fraction of sp³-hybridized carbons (Fsp3) is 0.231. The van der Waals surface area contributed by atoms with Gasteiger partial charge in [-0.05, 0) is 24.6 Å². The van der Waals surface area contributed by atoms with Crippen molar-refractivity contribution in [3.05, 3.63) is 44.9 Å². The van der Waals surface area contributed by atoms with Crippen molar-refractivity contribution in [2.24, 2.45) is 0 Å². The molecule has 0 aliphatic carbocycles. The number of amides is 1. The fourth-order valence-electron chi connectivity index (χ4n) is 1.46. The van der Waals surface area contributed by atoms with Gasteiger partial charge in [0.15, 0.2) is 5.13 Å². The molecule has 0 aliphatic rings. The first-order valence-electron chi connectivity index (χ1n) is 5.78. The Hall–Kier alpha value is -0.750. The normalized spacial score (nSPS) is 10.6. The van der Waals surface area contributed by atoms with Crippen LogP contribution >= 0.6 is 46.3 Å². The smallest absolute Gasteiger partial charge is 0.236 e. The highest BCUT2D eigenvalue weighted by atomic mass is 35.5. The van der Waals surface area contributed by atoms with Crippen molar-refractivity contribution in [1.29, 1.82) is 0 Å². The summed E-state index contributed by atoms with van der Waals surface area (Å²) in [7, 11) is 0. The van der Waals surface area contributed by atoms with Crippen LogP contribution in [0.3, 0.4) is 0 Å². The number of nitrogens with one attached hydrogen (secondary N) is 1. The van der Waals surface area contributed by atoms with Crippen LogP contribution in [0, 0.1) is 6.92 Å². The summed E-state index contributed by atoms with van der Waals surface area (Å²) in [6.45, 7) is 1.89. The molecule has 20 heavy (non-hydrogen) atoms. The van der Waals surface area contributed by atoms with Crippen LogP contribution in [0.15, 0.2) is 23.6 Å². The van der Waals surface area contributed by atoms with Crippen LogP contribution in [-0.4, -0.2) is 16.6 Å². The zero-order valence-corrected chi connectivity index (χ0v) is 13.8. The average molecular weight is 347 g/mol. The molecule has 0 saturated heterocycles. The first-order valence-corrected chi connectivity index (χ1v) is 8.57. The van der Waals surface area contributed by atoms with Crippen molar-refractivity contribution in [3.63, 3.8) is 0 Å². The van der Waals surface area contributed by atoms with E-state index in [1.54, 1.807) is 6.07 Å². The number of nitrogens with zero attached hydrogens (tertiary/aromatic N) is 1. The molecule has 0 spiro atoms. The van der Waals surface area contributed by atoms with Crippen LogP contribution in [-0.2, 0) is 10.5 Å². The number of hydrogen-bond donors (Lipinski definition) is 1. The van der Waals surface area contributed by atoms with Crippen molar-refractivity contribution >= 4 is 57.3 Å². The number of aromatic nitrogens is 1. The van der Waals surface area contributed by atoms with Crippen molar-refractivity contribution in [1.82, 2.24) is 4.98 Å². The Kier molecular flexibility index (Phi) is 5.72. The lowest BCUT2D eigenvalue weighted by Gasteiger charge is -2.04. The number of thioether (sulfide) groups is 1. The molecule has 0 radical (unpaired) electrons. The third-order valence-corrected chi connectivity index (χ3v) is 4.97. The van der Waals surface area contributed by atoms with Gasteiger partial charge in [0.1, 0.15) is 0 Å². The second-order valence-electron chi connectivity index (χ2n) is 4.08. The van der Waals surface area contributed by atoms with Crippen LogP contribution in [0.2, 0.25) is 10.0 Å². The summed E-state index contributed by atoms with van der Waals surface area (Å²) in [6.07, 6.45) is 0. The molecular formula is C13H12Cl2N2OS2. The number of aryl methyl sites for hydroxylation is 1. The molecule has 1 aromatic carbocycles. The molecule has 1 amide bonds. The van der Waals surface area contributed by atoms with Gasteiger partial charge in [0.05, 0.1) is 21.5 Å². The van der Waals surface area contributed by atoms with E-state index in [-0.39, 0.29) is 5.91 Å². The Morgan fingerprint density at radius 3 is 2.85 bits per heavy atom. The second-order valence-corrected chi connectivity index (χ2v) is 6.74. The molecule has 0 aliphatic heterocycles. The lowest BCUT2D eigenvalue weighted by Crippen LogP contribution is -2.13. The monoisotopic (exact) mass is 346 g/mol. The zero-order chi connectivity index (χ0) is 14.5. The van der Waals surface area contributed by atoms with Gasteiger partial charge in [0.2, 0.25) is 5.91 Å². The Morgan fingerprint density at radius 2 is 2.20 bits per heavy atom. The highest BCUT2D eigenvalue weighted by Crippen LogP contribution is 2.24. The molecule has 0 atom stereocenters. The quantitative estimate of drug-likeness (QED) is 0.857. The Morgan fingerprint density at radius 1 is 1.40 bits per heavy atom. The highest BCUT2D eigenvalue weighted by Gasteiger charge is 2.06. The summed E-state index contributed by atoms with van der Waals surface area (Å²) in [5.74, 6) is 1.03. The molecule has 7 heteroatoms. The van der Waals surface area contributed by atoms with E-state index in [0.717, 1.165) is 11.3 Å². The number of thiazole rings is 1. The predicted octanol–water partition coefficient (Wildman–Crippen LogP) is 4.63. The maximum absolute atomic E-state index is 11.7. The maximum atomic E-state index is 11.7. The van der Waals surface area contributed by atoms with E-state index >= 15 is 0 Å². The lowest BCUT2D eigenvalue weighted by atomic mass is 10.2. The number of carbonyl (C=O) groups is 1. The molecule has 1 aromatic heterocycles. The lowest BCUT2D eigenvalue weighted by molar-refractivity contribution is -0.113. The second kappa shape index (κ2) is 7.31. The third-order valence-electron chi connectivity index (χ3n) is 2.35. The number of rotatable bonds is 5. The molecule has 0 saturated carbocycles. The van der Waals surface area contributed by atoms with Gasteiger partial charge in [-0.3, -0.25) is 4.79 Å². The van der Waals surface area contributed by atoms with Gasteiger partial charge in [-0.25, -0.2) is 4.98 Å². The van der Waals surface area contributed by atoms with E-state index in [1.807, 2.05) is 24.4 Å². The summed E-state index contributed by atoms with van der Waals surface area (Å²) in [5, 5.41) is 6.39. The van der Waals surface area contributed by atoms with E-state index < -0.39 is 0 Å². The average Bonchev–Trinajstić information content (AvgIpc) is 2.79. The van der Waals surface area contributed by atoms with E-state index in [1.165, 1.54) is 23.1 Å². The maximum Gasteiger partial charge on any atom is 0.236 e. The molecule has 2 rings (SSSR count). The van der Waals surface area contributed by atoms with Gasteiger partial charge in [-0.2, -0.15) is 0 Å². The minimum absolute atomic E-state index is 0.0515. The van der Waals surface area contributed by atoms with Crippen LogP contribution in [0.4, 0.5) is 5.13 Å². The fourth-order valence-corrected chi connectivity index (χ4v) is 3.26. The summed E-state index contributed by atoms with van der Waals surface area (Å²) >= 11 is 14.7. The van der Waals surface area contributed by atoms with Gasteiger partial charge in [0.25, 0.3) is 0 Å². The first-order chi connectivity index (χ1) is 9.54. The molecule has 0 bridgehead atoms. The number of benzene rings is 1. The van der Waals surface area contributed by atoms with E-state index in [2.05, 4.69) is 10.3 Å². The van der Waals surface area contributed by atoms with Crippen LogP contribution < -0.4 is 5.32 Å². The first kappa shape index (κ1) is 15.6. The Balaban J connectivity index is 1.77. The molecule has 2 aromatic rings.